The van der Waals surface area contributed by atoms with E-state index in [1.807, 2.05) is 29.1 Å². The van der Waals surface area contributed by atoms with E-state index in [0.29, 0.717) is 28.7 Å². The molecule has 0 unspecified atom stereocenters. The van der Waals surface area contributed by atoms with Crippen LogP contribution in [0.25, 0.3) is 5.82 Å². The first-order valence-electron chi connectivity index (χ1n) is 8.89. The first-order valence-corrected chi connectivity index (χ1v) is 8.89. The molecule has 0 atom stereocenters. The van der Waals surface area contributed by atoms with Crippen molar-refractivity contribution in [3.8, 4) is 17.4 Å². The summed E-state index contributed by atoms with van der Waals surface area (Å²) >= 11 is 0. The van der Waals surface area contributed by atoms with Crippen molar-refractivity contribution >= 4 is 11.6 Å². The van der Waals surface area contributed by atoms with E-state index in [9.17, 15) is 9.18 Å². The van der Waals surface area contributed by atoms with Crippen molar-refractivity contribution in [3.05, 3.63) is 96.3 Å². The minimum Gasteiger partial charge on any atom is -0.439 e. The molecule has 144 valence electrons. The number of hydrogen-bond donors (Lipinski definition) is 1. The molecule has 2 aromatic carbocycles. The fourth-order valence-corrected chi connectivity index (χ4v) is 2.68. The molecule has 6 nitrogen and oxygen atoms in total. The van der Waals surface area contributed by atoms with E-state index in [-0.39, 0.29) is 11.5 Å². The summed E-state index contributed by atoms with van der Waals surface area (Å²) in [6.07, 6.45) is 5.19. The van der Waals surface area contributed by atoms with Gasteiger partial charge >= 0.3 is 0 Å². The number of carbonyl (C=O) groups is 1. The van der Waals surface area contributed by atoms with E-state index in [2.05, 4.69) is 15.3 Å². The maximum Gasteiger partial charge on any atom is 0.255 e. The molecule has 0 aliphatic rings. The zero-order valence-electron chi connectivity index (χ0n) is 15.5. The maximum atomic E-state index is 13.6. The molecular weight excluding hydrogens is 371 g/mol. The second-order valence-electron chi connectivity index (χ2n) is 6.35. The molecule has 0 fully saturated rings. The fraction of sp³-hybridized carbons (Fsp3) is 0.0455. The van der Waals surface area contributed by atoms with Gasteiger partial charge in [-0.15, -0.1) is 0 Å². The van der Waals surface area contributed by atoms with Crippen LogP contribution >= 0.6 is 0 Å². The van der Waals surface area contributed by atoms with E-state index in [1.165, 1.54) is 12.4 Å². The Morgan fingerprint density at radius 3 is 2.52 bits per heavy atom. The average molecular weight is 388 g/mol. The van der Waals surface area contributed by atoms with E-state index < -0.39 is 5.82 Å². The molecule has 7 heteroatoms. The number of anilines is 1. The molecule has 1 amide bonds. The van der Waals surface area contributed by atoms with Crippen molar-refractivity contribution in [2.24, 2.45) is 0 Å². The first kappa shape index (κ1) is 18.4. The van der Waals surface area contributed by atoms with Crippen molar-refractivity contribution < 1.29 is 13.9 Å². The van der Waals surface area contributed by atoms with Crippen LogP contribution in [0.4, 0.5) is 10.1 Å². The molecule has 29 heavy (non-hydrogen) atoms. The number of halogens is 1. The normalized spacial score (nSPS) is 10.6. The van der Waals surface area contributed by atoms with Gasteiger partial charge in [0, 0.05) is 29.7 Å². The van der Waals surface area contributed by atoms with Gasteiger partial charge in [0.15, 0.2) is 0 Å². The van der Waals surface area contributed by atoms with Gasteiger partial charge in [0.25, 0.3) is 5.91 Å². The van der Waals surface area contributed by atoms with E-state index in [4.69, 9.17) is 4.74 Å². The van der Waals surface area contributed by atoms with E-state index >= 15 is 0 Å². The van der Waals surface area contributed by atoms with Gasteiger partial charge in [0.2, 0.25) is 5.88 Å². The van der Waals surface area contributed by atoms with Gasteiger partial charge in [-0.3, -0.25) is 4.79 Å². The zero-order valence-corrected chi connectivity index (χ0v) is 15.5. The molecule has 2 aromatic heterocycles. The third kappa shape index (κ3) is 4.30. The van der Waals surface area contributed by atoms with E-state index in [1.54, 1.807) is 49.4 Å². The highest BCUT2D eigenvalue weighted by Gasteiger charge is 2.09. The Kier molecular flexibility index (Phi) is 5.03. The average Bonchev–Trinajstić information content (AvgIpc) is 3.27. The predicted molar refractivity (Wildman–Crippen MR) is 107 cm³/mol. The summed E-state index contributed by atoms with van der Waals surface area (Å²) in [7, 11) is 0. The highest BCUT2D eigenvalue weighted by atomic mass is 19.1. The summed E-state index contributed by atoms with van der Waals surface area (Å²) in [5.41, 5.74) is 1.32. The summed E-state index contributed by atoms with van der Waals surface area (Å²) in [6, 6.07) is 16.7. The zero-order chi connectivity index (χ0) is 20.2. The number of hydrogen-bond acceptors (Lipinski definition) is 4. The number of nitrogens with zero attached hydrogens (tertiary/aromatic N) is 3. The number of ether oxygens (including phenoxy) is 1. The molecule has 4 aromatic rings. The number of carbonyl (C=O) groups excluding carboxylic acids is 1. The Morgan fingerprint density at radius 1 is 1.03 bits per heavy atom. The van der Waals surface area contributed by atoms with Gasteiger partial charge in [-0.05, 0) is 61.0 Å². The molecule has 0 saturated heterocycles. The van der Waals surface area contributed by atoms with Crippen molar-refractivity contribution in [3.63, 3.8) is 0 Å². The fourth-order valence-electron chi connectivity index (χ4n) is 2.68. The van der Waals surface area contributed by atoms with Gasteiger partial charge in [0.1, 0.15) is 23.7 Å². The second kappa shape index (κ2) is 7.93. The number of aromatic nitrogens is 3. The SMILES string of the molecule is Cc1ccc(C(=O)Nc2ccc(Oc3cc(-n4cccc4)ncn3)cc2)cc1F. The minimum atomic E-state index is -0.412. The molecule has 0 saturated carbocycles. The first-order chi connectivity index (χ1) is 14.1. The lowest BCUT2D eigenvalue weighted by Gasteiger charge is -2.09. The van der Waals surface area contributed by atoms with Crippen molar-refractivity contribution in [2.45, 2.75) is 6.92 Å². The van der Waals surface area contributed by atoms with Crippen molar-refractivity contribution in [1.82, 2.24) is 14.5 Å². The third-order valence-corrected chi connectivity index (χ3v) is 4.27. The Labute approximate surface area is 166 Å². The molecule has 0 spiro atoms. The highest BCUT2D eigenvalue weighted by Crippen LogP contribution is 2.23. The van der Waals surface area contributed by atoms with Gasteiger partial charge < -0.3 is 14.6 Å². The quantitative estimate of drug-likeness (QED) is 0.535. The molecule has 0 aliphatic heterocycles. The van der Waals surface area contributed by atoms with Crippen LogP contribution in [-0.4, -0.2) is 20.4 Å². The lowest BCUT2D eigenvalue weighted by molar-refractivity contribution is 0.102. The topological polar surface area (TPSA) is 69.0 Å². The summed E-state index contributed by atoms with van der Waals surface area (Å²) in [5, 5.41) is 2.73. The Morgan fingerprint density at radius 2 is 1.79 bits per heavy atom. The summed E-state index contributed by atoms with van der Waals surface area (Å²) in [5.74, 6) is 0.849. The Balaban J connectivity index is 1.43. The van der Waals surface area contributed by atoms with Crippen LogP contribution < -0.4 is 10.1 Å². The van der Waals surface area contributed by atoms with Crippen LogP contribution in [0, 0.1) is 12.7 Å². The third-order valence-electron chi connectivity index (χ3n) is 4.27. The number of nitrogens with one attached hydrogen (secondary N) is 1. The van der Waals surface area contributed by atoms with Gasteiger partial charge in [0.05, 0.1) is 0 Å². The van der Waals surface area contributed by atoms with Gasteiger partial charge in [-0.1, -0.05) is 6.07 Å². The van der Waals surface area contributed by atoms with Crippen LogP contribution in [0.5, 0.6) is 11.6 Å². The molecule has 4 rings (SSSR count). The van der Waals surface area contributed by atoms with Gasteiger partial charge in [-0.2, -0.15) is 0 Å². The lowest BCUT2D eigenvalue weighted by Crippen LogP contribution is -2.12. The molecular formula is C22H17FN4O2. The second-order valence-corrected chi connectivity index (χ2v) is 6.35. The smallest absolute Gasteiger partial charge is 0.255 e. The number of benzene rings is 2. The summed E-state index contributed by atoms with van der Waals surface area (Å²) in [4.78, 5) is 20.6. The van der Waals surface area contributed by atoms with Crippen LogP contribution in [0.3, 0.4) is 0 Å². The number of amides is 1. The van der Waals surface area contributed by atoms with Crippen LogP contribution in [0.1, 0.15) is 15.9 Å². The van der Waals surface area contributed by atoms with E-state index in [0.717, 1.165) is 0 Å². The number of rotatable bonds is 5. The van der Waals surface area contributed by atoms with Crippen LogP contribution in [0.2, 0.25) is 0 Å². The summed E-state index contributed by atoms with van der Waals surface area (Å²) < 4.78 is 21.3. The standard InChI is InChI=1S/C22H17FN4O2/c1-15-4-5-16(12-19(15)23)22(28)26-17-6-8-18(9-7-17)29-21-13-20(24-14-25-21)27-10-2-3-11-27/h2-14H,1H3,(H,26,28). The summed E-state index contributed by atoms with van der Waals surface area (Å²) in [6.45, 7) is 1.65. The van der Waals surface area contributed by atoms with Crippen LogP contribution in [-0.2, 0) is 0 Å². The maximum absolute atomic E-state index is 13.6. The predicted octanol–water partition coefficient (Wildman–Crippen LogP) is 4.76. The van der Waals surface area contributed by atoms with Gasteiger partial charge in [-0.25, -0.2) is 14.4 Å². The van der Waals surface area contributed by atoms with Crippen LogP contribution in [0.15, 0.2) is 79.4 Å². The monoisotopic (exact) mass is 388 g/mol. The van der Waals surface area contributed by atoms with Crippen molar-refractivity contribution in [2.75, 3.05) is 5.32 Å². The lowest BCUT2D eigenvalue weighted by atomic mass is 10.1. The largest absolute Gasteiger partial charge is 0.439 e. The molecule has 0 bridgehead atoms. The Hall–Kier alpha value is -4.00. The van der Waals surface area contributed by atoms with Crippen molar-refractivity contribution in [1.29, 1.82) is 0 Å². The Bertz CT molecular complexity index is 1140. The minimum absolute atomic E-state index is 0.256. The number of aryl methyl sites for hydroxylation is 1. The highest BCUT2D eigenvalue weighted by molar-refractivity contribution is 6.04. The molecule has 2 heterocycles. The molecule has 1 N–H and O–H groups in total. The molecule has 0 radical (unpaired) electrons. The molecule has 0 aliphatic carbocycles.